The Balaban J connectivity index is 1.67. The van der Waals surface area contributed by atoms with Gasteiger partial charge in [0, 0.05) is 18.8 Å². The van der Waals surface area contributed by atoms with Gasteiger partial charge in [0.25, 0.3) is 0 Å². The first-order valence-corrected chi connectivity index (χ1v) is 7.41. The zero-order valence-electron chi connectivity index (χ0n) is 12.1. The molecular formula is C18H20N2O. The third-order valence-corrected chi connectivity index (χ3v) is 4.08. The number of rotatable bonds is 2. The van der Waals surface area contributed by atoms with Gasteiger partial charge in [-0.25, -0.2) is 0 Å². The molecule has 1 aliphatic heterocycles. The average molecular weight is 280 g/mol. The zero-order chi connectivity index (χ0) is 14.7. The van der Waals surface area contributed by atoms with Crippen molar-refractivity contribution in [2.24, 2.45) is 0 Å². The van der Waals surface area contributed by atoms with Crippen molar-refractivity contribution in [2.45, 2.75) is 19.3 Å². The number of nitrogens with two attached hydrogens (primary N) is 1. The van der Waals surface area contributed by atoms with Crippen LogP contribution < -0.4 is 5.73 Å². The molecule has 21 heavy (non-hydrogen) atoms. The highest BCUT2D eigenvalue weighted by Gasteiger charge is 2.18. The number of nitrogens with zero attached hydrogens (tertiary/aromatic N) is 1. The number of nitrogen functional groups attached to an aromatic ring is 1. The Morgan fingerprint density at radius 2 is 1.67 bits per heavy atom. The van der Waals surface area contributed by atoms with Crippen LogP contribution in [0, 0.1) is 0 Å². The van der Waals surface area contributed by atoms with E-state index in [1.54, 1.807) is 0 Å². The molecule has 1 aliphatic rings. The first-order valence-electron chi connectivity index (χ1n) is 7.41. The van der Waals surface area contributed by atoms with Crippen LogP contribution in [0.5, 0.6) is 0 Å². The highest BCUT2D eigenvalue weighted by Crippen LogP contribution is 2.16. The van der Waals surface area contributed by atoms with E-state index in [1.807, 2.05) is 29.2 Å². The fourth-order valence-corrected chi connectivity index (χ4v) is 2.91. The Morgan fingerprint density at radius 1 is 1.00 bits per heavy atom. The van der Waals surface area contributed by atoms with Crippen molar-refractivity contribution < 1.29 is 4.79 Å². The number of anilines is 1. The summed E-state index contributed by atoms with van der Waals surface area (Å²) in [4.78, 5) is 14.4. The van der Waals surface area contributed by atoms with Gasteiger partial charge in [-0.3, -0.25) is 4.79 Å². The molecule has 0 aliphatic carbocycles. The fourth-order valence-electron chi connectivity index (χ4n) is 2.91. The van der Waals surface area contributed by atoms with Crippen molar-refractivity contribution in [3.63, 3.8) is 0 Å². The first kappa shape index (κ1) is 13.7. The number of amides is 1. The van der Waals surface area contributed by atoms with Crippen LogP contribution in [0.15, 0.2) is 48.5 Å². The molecule has 0 saturated heterocycles. The second-order valence-electron chi connectivity index (χ2n) is 5.57. The number of carbonyl (C=O) groups excluding carboxylic acids is 1. The molecule has 0 bridgehead atoms. The fraction of sp³-hybridized carbons (Fsp3) is 0.278. The topological polar surface area (TPSA) is 46.3 Å². The quantitative estimate of drug-likeness (QED) is 0.859. The van der Waals surface area contributed by atoms with Crippen LogP contribution in [0.3, 0.4) is 0 Å². The lowest BCUT2D eigenvalue weighted by Crippen LogP contribution is -2.34. The van der Waals surface area contributed by atoms with Gasteiger partial charge in [-0.15, -0.1) is 0 Å². The van der Waals surface area contributed by atoms with E-state index in [0.717, 1.165) is 31.5 Å². The largest absolute Gasteiger partial charge is 0.399 e. The lowest BCUT2D eigenvalue weighted by atomic mass is 10.0. The first-order chi connectivity index (χ1) is 10.2. The summed E-state index contributed by atoms with van der Waals surface area (Å²) >= 11 is 0. The molecule has 0 spiro atoms. The summed E-state index contributed by atoms with van der Waals surface area (Å²) in [6.07, 6.45) is 2.32. The number of fused-ring (bicyclic) bond motifs is 1. The number of hydrogen-bond acceptors (Lipinski definition) is 2. The number of carbonyl (C=O) groups is 1. The van der Waals surface area contributed by atoms with Crippen LogP contribution >= 0.6 is 0 Å². The van der Waals surface area contributed by atoms with Crippen LogP contribution in [0.25, 0.3) is 0 Å². The maximum absolute atomic E-state index is 12.5. The summed E-state index contributed by atoms with van der Waals surface area (Å²) in [6, 6.07) is 16.1. The van der Waals surface area contributed by atoms with E-state index in [9.17, 15) is 4.79 Å². The van der Waals surface area contributed by atoms with Crippen molar-refractivity contribution in [3.05, 3.63) is 65.2 Å². The van der Waals surface area contributed by atoms with Crippen LogP contribution in [-0.4, -0.2) is 23.9 Å². The molecule has 0 fully saturated rings. The second-order valence-corrected chi connectivity index (χ2v) is 5.57. The molecule has 0 unspecified atom stereocenters. The predicted molar refractivity (Wildman–Crippen MR) is 85.0 cm³/mol. The molecule has 2 N–H and O–H groups in total. The Kier molecular flexibility index (Phi) is 3.91. The number of benzene rings is 2. The standard InChI is InChI=1S/C18H20N2O/c19-17-7-3-4-14(12-17)13-18(21)20-10-8-15-5-1-2-6-16(15)9-11-20/h1-7,12H,8-11,13,19H2. The van der Waals surface area contributed by atoms with E-state index in [1.165, 1.54) is 11.1 Å². The smallest absolute Gasteiger partial charge is 0.227 e. The minimum Gasteiger partial charge on any atom is -0.399 e. The van der Waals surface area contributed by atoms with E-state index in [0.29, 0.717) is 12.1 Å². The summed E-state index contributed by atoms with van der Waals surface area (Å²) in [5.74, 6) is 0.188. The van der Waals surface area contributed by atoms with Crippen LogP contribution in [0.1, 0.15) is 16.7 Å². The molecule has 0 radical (unpaired) electrons. The van der Waals surface area contributed by atoms with Gasteiger partial charge < -0.3 is 10.6 Å². The highest BCUT2D eigenvalue weighted by atomic mass is 16.2. The van der Waals surface area contributed by atoms with Crippen molar-refractivity contribution >= 4 is 11.6 Å². The molecular weight excluding hydrogens is 260 g/mol. The molecule has 1 heterocycles. The highest BCUT2D eigenvalue weighted by molar-refractivity contribution is 5.79. The third kappa shape index (κ3) is 3.24. The Bertz CT molecular complexity index is 624. The molecule has 3 heteroatoms. The van der Waals surface area contributed by atoms with Crippen LogP contribution in [0.2, 0.25) is 0 Å². The second kappa shape index (κ2) is 6.00. The molecule has 1 amide bonds. The monoisotopic (exact) mass is 280 g/mol. The van der Waals surface area contributed by atoms with Gasteiger partial charge in [-0.1, -0.05) is 36.4 Å². The minimum atomic E-state index is 0.188. The van der Waals surface area contributed by atoms with E-state index in [2.05, 4.69) is 24.3 Å². The lowest BCUT2D eigenvalue weighted by Gasteiger charge is -2.20. The van der Waals surface area contributed by atoms with Crippen molar-refractivity contribution in [1.29, 1.82) is 0 Å². The van der Waals surface area contributed by atoms with E-state index < -0.39 is 0 Å². The molecule has 3 nitrogen and oxygen atoms in total. The molecule has 3 rings (SSSR count). The van der Waals surface area contributed by atoms with Gasteiger partial charge in [-0.05, 0) is 41.7 Å². The van der Waals surface area contributed by atoms with Gasteiger partial charge >= 0.3 is 0 Å². The van der Waals surface area contributed by atoms with E-state index in [-0.39, 0.29) is 5.91 Å². The molecule has 2 aromatic carbocycles. The summed E-state index contributed by atoms with van der Waals surface area (Å²) < 4.78 is 0. The Hall–Kier alpha value is -2.29. The minimum absolute atomic E-state index is 0.188. The normalized spacial score (nSPS) is 14.4. The van der Waals surface area contributed by atoms with Crippen molar-refractivity contribution in [3.8, 4) is 0 Å². The third-order valence-electron chi connectivity index (χ3n) is 4.08. The summed E-state index contributed by atoms with van der Waals surface area (Å²) in [5, 5.41) is 0. The maximum atomic E-state index is 12.5. The summed E-state index contributed by atoms with van der Waals surface area (Å²) in [6.45, 7) is 1.61. The van der Waals surface area contributed by atoms with Crippen molar-refractivity contribution in [1.82, 2.24) is 4.90 Å². The van der Waals surface area contributed by atoms with Gasteiger partial charge in [-0.2, -0.15) is 0 Å². The summed E-state index contributed by atoms with van der Waals surface area (Å²) in [5.41, 5.74) is 10.2. The zero-order valence-corrected chi connectivity index (χ0v) is 12.1. The van der Waals surface area contributed by atoms with Gasteiger partial charge in [0.1, 0.15) is 0 Å². The number of hydrogen-bond donors (Lipinski definition) is 1. The molecule has 0 atom stereocenters. The molecule has 2 aromatic rings. The average Bonchev–Trinajstić information content (AvgIpc) is 2.70. The summed E-state index contributed by atoms with van der Waals surface area (Å²) in [7, 11) is 0. The Morgan fingerprint density at radius 3 is 2.29 bits per heavy atom. The SMILES string of the molecule is Nc1cccc(CC(=O)N2CCc3ccccc3CC2)c1. The van der Waals surface area contributed by atoms with Crippen molar-refractivity contribution in [2.75, 3.05) is 18.8 Å². The lowest BCUT2D eigenvalue weighted by molar-refractivity contribution is -0.130. The van der Waals surface area contributed by atoms with Crippen LogP contribution in [-0.2, 0) is 24.1 Å². The van der Waals surface area contributed by atoms with Gasteiger partial charge in [0.15, 0.2) is 0 Å². The van der Waals surface area contributed by atoms with Crippen LogP contribution in [0.4, 0.5) is 5.69 Å². The molecule has 0 aromatic heterocycles. The van der Waals surface area contributed by atoms with E-state index >= 15 is 0 Å². The van der Waals surface area contributed by atoms with E-state index in [4.69, 9.17) is 5.73 Å². The van der Waals surface area contributed by atoms with Gasteiger partial charge in [0.05, 0.1) is 6.42 Å². The molecule has 0 saturated carbocycles. The maximum Gasteiger partial charge on any atom is 0.227 e. The molecule has 108 valence electrons. The predicted octanol–water partition coefficient (Wildman–Crippen LogP) is 2.44. The Labute approximate surface area is 125 Å². The van der Waals surface area contributed by atoms with Gasteiger partial charge in [0.2, 0.25) is 5.91 Å².